The Labute approximate surface area is 105 Å². The molecule has 0 spiro atoms. The normalized spacial score (nSPS) is 10.8. The van der Waals surface area contributed by atoms with Gasteiger partial charge in [0.1, 0.15) is 5.69 Å². The molecule has 0 radical (unpaired) electrons. The molecule has 4 heteroatoms. The van der Waals surface area contributed by atoms with Crippen molar-refractivity contribution in [2.24, 2.45) is 7.05 Å². The van der Waals surface area contributed by atoms with Crippen LogP contribution in [-0.2, 0) is 11.8 Å². The van der Waals surface area contributed by atoms with Gasteiger partial charge in [0.25, 0.3) is 0 Å². The van der Waals surface area contributed by atoms with Crippen molar-refractivity contribution in [2.75, 3.05) is 6.61 Å². The zero-order valence-electron chi connectivity index (χ0n) is 10.1. The second-order valence-corrected chi connectivity index (χ2v) is 4.35. The lowest BCUT2D eigenvalue weighted by Gasteiger charge is -2.04. The quantitative estimate of drug-likeness (QED) is 0.767. The number of hydrogen-bond acceptors (Lipinski definition) is 2. The third-order valence-electron chi connectivity index (χ3n) is 2.88. The first kappa shape index (κ1) is 12.0. The van der Waals surface area contributed by atoms with Crippen LogP contribution >= 0.6 is 11.6 Å². The van der Waals surface area contributed by atoms with Gasteiger partial charge in [0.05, 0.1) is 6.61 Å². The summed E-state index contributed by atoms with van der Waals surface area (Å²) in [5, 5.41) is 1.66. The molecule has 1 aromatic carbocycles. The number of ether oxygens (including phenoxy) is 1. The predicted molar refractivity (Wildman–Crippen MR) is 68.6 cm³/mol. The van der Waals surface area contributed by atoms with Crippen molar-refractivity contribution in [2.45, 2.75) is 13.8 Å². The Morgan fingerprint density at radius 1 is 1.47 bits per heavy atom. The molecule has 0 aliphatic rings. The van der Waals surface area contributed by atoms with Gasteiger partial charge in [-0.1, -0.05) is 11.6 Å². The number of hydrogen-bond donors (Lipinski definition) is 0. The second kappa shape index (κ2) is 4.41. The van der Waals surface area contributed by atoms with E-state index in [0.717, 1.165) is 16.5 Å². The lowest BCUT2D eigenvalue weighted by atomic mass is 10.1. The van der Waals surface area contributed by atoms with Crippen molar-refractivity contribution in [3.05, 3.63) is 34.5 Å². The number of fused-ring (bicyclic) bond motifs is 1. The van der Waals surface area contributed by atoms with Crippen LogP contribution in [0.3, 0.4) is 0 Å². The summed E-state index contributed by atoms with van der Waals surface area (Å²) in [6, 6.07) is 5.60. The Bertz CT molecular complexity index is 587. The third-order valence-corrected chi connectivity index (χ3v) is 3.12. The summed E-state index contributed by atoms with van der Waals surface area (Å²) in [5.74, 6) is -0.292. The largest absolute Gasteiger partial charge is 0.461 e. The third kappa shape index (κ3) is 1.91. The molecule has 0 saturated carbocycles. The van der Waals surface area contributed by atoms with Crippen LogP contribution in [0.2, 0.25) is 5.02 Å². The van der Waals surface area contributed by atoms with Gasteiger partial charge >= 0.3 is 5.97 Å². The molecular formula is C13H14ClNO2. The van der Waals surface area contributed by atoms with Crippen LogP contribution in [0.25, 0.3) is 10.9 Å². The number of carbonyl (C=O) groups excluding carboxylic acids is 1. The van der Waals surface area contributed by atoms with Crippen LogP contribution in [0.4, 0.5) is 0 Å². The molecule has 2 aromatic rings. The predicted octanol–water partition coefficient (Wildman–Crippen LogP) is 3.32. The Morgan fingerprint density at radius 2 is 2.18 bits per heavy atom. The van der Waals surface area contributed by atoms with Crippen LogP contribution in [0, 0.1) is 6.92 Å². The molecule has 2 rings (SSSR count). The summed E-state index contributed by atoms with van der Waals surface area (Å²) in [4.78, 5) is 11.9. The summed E-state index contributed by atoms with van der Waals surface area (Å²) >= 11 is 5.97. The van der Waals surface area contributed by atoms with Crippen molar-refractivity contribution >= 4 is 28.5 Å². The summed E-state index contributed by atoms with van der Waals surface area (Å²) in [6.45, 7) is 4.08. The lowest BCUT2D eigenvalue weighted by Crippen LogP contribution is -2.10. The molecule has 0 aliphatic heterocycles. The number of benzene rings is 1. The Morgan fingerprint density at radius 3 is 2.82 bits per heavy atom. The van der Waals surface area contributed by atoms with E-state index in [0.29, 0.717) is 17.3 Å². The fourth-order valence-corrected chi connectivity index (χ4v) is 2.26. The molecule has 0 N–H and O–H groups in total. The molecule has 0 fully saturated rings. The average molecular weight is 252 g/mol. The number of nitrogens with zero attached hydrogens (tertiary/aromatic N) is 1. The van der Waals surface area contributed by atoms with E-state index >= 15 is 0 Å². The molecule has 90 valence electrons. The minimum absolute atomic E-state index is 0.292. The fraction of sp³-hybridized carbons (Fsp3) is 0.308. The lowest BCUT2D eigenvalue weighted by molar-refractivity contribution is 0.0515. The van der Waals surface area contributed by atoms with Crippen LogP contribution in [-0.4, -0.2) is 17.1 Å². The van der Waals surface area contributed by atoms with Gasteiger partial charge in [-0.15, -0.1) is 0 Å². The number of rotatable bonds is 2. The zero-order chi connectivity index (χ0) is 12.6. The van der Waals surface area contributed by atoms with E-state index in [1.54, 1.807) is 6.92 Å². The van der Waals surface area contributed by atoms with Gasteiger partial charge in [0.2, 0.25) is 0 Å². The van der Waals surface area contributed by atoms with Gasteiger partial charge in [0, 0.05) is 23.0 Å². The summed E-state index contributed by atoms with van der Waals surface area (Å²) < 4.78 is 6.90. The van der Waals surface area contributed by atoms with Crippen LogP contribution in [0.5, 0.6) is 0 Å². The van der Waals surface area contributed by atoms with Gasteiger partial charge in [-0.2, -0.15) is 0 Å². The average Bonchev–Trinajstić information content (AvgIpc) is 2.52. The highest BCUT2D eigenvalue weighted by molar-refractivity contribution is 6.31. The van der Waals surface area contributed by atoms with Crippen LogP contribution in [0.15, 0.2) is 18.2 Å². The van der Waals surface area contributed by atoms with E-state index in [4.69, 9.17) is 16.3 Å². The van der Waals surface area contributed by atoms with Crippen molar-refractivity contribution in [1.29, 1.82) is 0 Å². The van der Waals surface area contributed by atoms with E-state index in [-0.39, 0.29) is 5.97 Å². The molecule has 3 nitrogen and oxygen atoms in total. The minimum atomic E-state index is -0.292. The number of aromatic nitrogens is 1. The van der Waals surface area contributed by atoms with Gasteiger partial charge in [-0.25, -0.2) is 4.79 Å². The first-order valence-corrected chi connectivity index (χ1v) is 5.85. The summed E-state index contributed by atoms with van der Waals surface area (Å²) in [6.07, 6.45) is 0. The summed E-state index contributed by atoms with van der Waals surface area (Å²) in [5.41, 5.74) is 2.47. The molecule has 0 bridgehead atoms. The van der Waals surface area contributed by atoms with E-state index in [1.807, 2.05) is 36.7 Å². The van der Waals surface area contributed by atoms with Gasteiger partial charge in [-0.05, 0) is 37.6 Å². The summed E-state index contributed by atoms with van der Waals surface area (Å²) in [7, 11) is 1.86. The van der Waals surface area contributed by atoms with Gasteiger partial charge < -0.3 is 9.30 Å². The second-order valence-electron chi connectivity index (χ2n) is 3.91. The molecule has 1 heterocycles. The fourth-order valence-electron chi connectivity index (χ4n) is 2.09. The number of aryl methyl sites for hydroxylation is 2. The first-order valence-electron chi connectivity index (χ1n) is 5.48. The molecule has 17 heavy (non-hydrogen) atoms. The van der Waals surface area contributed by atoms with E-state index < -0.39 is 0 Å². The van der Waals surface area contributed by atoms with Crippen LogP contribution < -0.4 is 0 Å². The molecule has 0 saturated heterocycles. The van der Waals surface area contributed by atoms with E-state index in [1.165, 1.54) is 0 Å². The maximum Gasteiger partial charge on any atom is 0.355 e. The molecular weight excluding hydrogens is 238 g/mol. The maximum atomic E-state index is 11.9. The highest BCUT2D eigenvalue weighted by Crippen LogP contribution is 2.27. The Balaban J connectivity index is 2.68. The van der Waals surface area contributed by atoms with E-state index in [9.17, 15) is 4.79 Å². The number of halogens is 1. The van der Waals surface area contributed by atoms with Crippen molar-refractivity contribution in [3.8, 4) is 0 Å². The molecule has 0 unspecified atom stereocenters. The zero-order valence-corrected chi connectivity index (χ0v) is 10.8. The molecule has 0 aliphatic carbocycles. The minimum Gasteiger partial charge on any atom is -0.461 e. The standard InChI is InChI=1S/C13H14ClNO2/c1-4-17-13(16)12-8(2)10-7-9(14)5-6-11(10)15(12)3/h5-7H,4H2,1-3H3. The highest BCUT2D eigenvalue weighted by Gasteiger charge is 2.19. The van der Waals surface area contributed by atoms with Gasteiger partial charge in [-0.3, -0.25) is 0 Å². The van der Waals surface area contributed by atoms with Crippen molar-refractivity contribution in [3.63, 3.8) is 0 Å². The smallest absolute Gasteiger partial charge is 0.355 e. The topological polar surface area (TPSA) is 31.2 Å². The van der Waals surface area contributed by atoms with Crippen molar-refractivity contribution in [1.82, 2.24) is 4.57 Å². The van der Waals surface area contributed by atoms with Gasteiger partial charge in [0.15, 0.2) is 0 Å². The molecule has 0 atom stereocenters. The SMILES string of the molecule is CCOC(=O)c1c(C)c2cc(Cl)ccc2n1C. The molecule has 1 aromatic heterocycles. The molecule has 0 amide bonds. The maximum absolute atomic E-state index is 11.9. The number of esters is 1. The highest BCUT2D eigenvalue weighted by atomic mass is 35.5. The first-order chi connectivity index (χ1) is 8.06. The Kier molecular flexibility index (Phi) is 3.11. The monoisotopic (exact) mass is 251 g/mol. The Hall–Kier alpha value is -1.48. The van der Waals surface area contributed by atoms with Crippen molar-refractivity contribution < 1.29 is 9.53 Å². The van der Waals surface area contributed by atoms with Crippen LogP contribution in [0.1, 0.15) is 23.0 Å². The van der Waals surface area contributed by atoms with E-state index in [2.05, 4.69) is 0 Å². The number of carbonyl (C=O) groups is 1.